The second kappa shape index (κ2) is 7.82. The van der Waals surface area contributed by atoms with E-state index in [2.05, 4.69) is 27.1 Å². The van der Waals surface area contributed by atoms with Gasteiger partial charge >= 0.3 is 0 Å². The van der Waals surface area contributed by atoms with Crippen LogP contribution < -0.4 is 4.90 Å². The molecule has 134 valence electrons. The Hall–Kier alpha value is -1.83. The Morgan fingerprint density at radius 1 is 1.12 bits per heavy atom. The molecule has 1 aliphatic heterocycles. The number of aromatic nitrogens is 1. The molecule has 1 saturated heterocycles. The van der Waals surface area contributed by atoms with E-state index in [0.717, 1.165) is 47.5 Å². The molecule has 0 saturated carbocycles. The van der Waals surface area contributed by atoms with E-state index < -0.39 is 0 Å². The predicted molar refractivity (Wildman–Crippen MR) is 112 cm³/mol. The number of anilines is 1. The maximum atomic E-state index is 12.9. The van der Waals surface area contributed by atoms with E-state index in [1.807, 2.05) is 35.4 Å². The number of thiazole rings is 1. The summed E-state index contributed by atoms with van der Waals surface area (Å²) in [5, 5.41) is 7.36. The van der Waals surface area contributed by atoms with Gasteiger partial charge < -0.3 is 9.80 Å². The molecule has 0 bridgehead atoms. The average molecular weight is 402 g/mol. The van der Waals surface area contributed by atoms with E-state index in [0.29, 0.717) is 0 Å². The molecule has 7 heteroatoms. The molecular formula is C19H19N3OS3. The van der Waals surface area contributed by atoms with Gasteiger partial charge in [-0.2, -0.15) is 11.3 Å². The van der Waals surface area contributed by atoms with E-state index in [4.69, 9.17) is 4.98 Å². The lowest BCUT2D eigenvalue weighted by Gasteiger charge is -2.34. The van der Waals surface area contributed by atoms with Crippen molar-refractivity contribution in [3.05, 3.63) is 52.0 Å². The van der Waals surface area contributed by atoms with Crippen LogP contribution in [0.15, 0.2) is 51.4 Å². The maximum absolute atomic E-state index is 12.9. The Morgan fingerprint density at radius 3 is 2.65 bits per heavy atom. The quantitative estimate of drug-likeness (QED) is 0.601. The van der Waals surface area contributed by atoms with Crippen molar-refractivity contribution in [1.82, 2.24) is 9.88 Å². The summed E-state index contributed by atoms with van der Waals surface area (Å²) in [6.07, 6.45) is 2.01. The molecule has 1 amide bonds. The topological polar surface area (TPSA) is 36.4 Å². The number of rotatable bonds is 4. The van der Waals surface area contributed by atoms with Crippen molar-refractivity contribution < 1.29 is 4.79 Å². The average Bonchev–Trinajstić information content (AvgIpc) is 3.39. The molecule has 2 aromatic heterocycles. The van der Waals surface area contributed by atoms with Crippen LogP contribution in [0.3, 0.4) is 0 Å². The zero-order valence-corrected chi connectivity index (χ0v) is 16.9. The molecule has 3 aromatic rings. The van der Waals surface area contributed by atoms with Crippen LogP contribution >= 0.6 is 34.4 Å². The number of benzene rings is 1. The Balaban J connectivity index is 1.42. The van der Waals surface area contributed by atoms with Crippen molar-refractivity contribution in [3.63, 3.8) is 0 Å². The first-order valence-corrected chi connectivity index (χ1v) is 11.5. The Kier molecular flexibility index (Phi) is 5.28. The highest BCUT2D eigenvalue weighted by molar-refractivity contribution is 7.98. The third-order valence-electron chi connectivity index (χ3n) is 4.48. The number of carbonyl (C=O) groups excluding carboxylic acids is 1. The van der Waals surface area contributed by atoms with E-state index >= 15 is 0 Å². The van der Waals surface area contributed by atoms with Crippen molar-refractivity contribution in [1.29, 1.82) is 0 Å². The number of thiophene rings is 1. The summed E-state index contributed by atoms with van der Waals surface area (Å²) in [6, 6.07) is 9.95. The van der Waals surface area contributed by atoms with Crippen molar-refractivity contribution in [2.24, 2.45) is 0 Å². The van der Waals surface area contributed by atoms with Gasteiger partial charge in [0.25, 0.3) is 5.91 Å². The predicted octanol–water partition coefficient (Wildman–Crippen LogP) is 4.56. The summed E-state index contributed by atoms with van der Waals surface area (Å²) >= 11 is 4.99. The summed E-state index contributed by atoms with van der Waals surface area (Å²) in [6.45, 7) is 3.11. The lowest BCUT2D eigenvalue weighted by atomic mass is 10.2. The molecule has 0 radical (unpaired) electrons. The fraction of sp³-hybridized carbons (Fsp3) is 0.263. The standard InChI is InChI=1S/C19H19N3OS3/c1-24-17-5-3-2-4-15(17)18(23)21-7-9-22(10-8-21)19-20-16(13-26-19)14-6-11-25-12-14/h2-6,11-13H,7-10H2,1H3. The van der Waals surface area contributed by atoms with Crippen molar-refractivity contribution in [3.8, 4) is 11.3 Å². The summed E-state index contributed by atoms with van der Waals surface area (Å²) in [5.41, 5.74) is 3.03. The van der Waals surface area contributed by atoms with Gasteiger partial charge in [-0.05, 0) is 29.8 Å². The molecule has 0 atom stereocenters. The van der Waals surface area contributed by atoms with Gasteiger partial charge in [-0.1, -0.05) is 12.1 Å². The van der Waals surface area contributed by atoms with Crippen molar-refractivity contribution >= 4 is 45.5 Å². The minimum absolute atomic E-state index is 0.132. The molecule has 1 aliphatic rings. The first kappa shape index (κ1) is 17.6. The van der Waals surface area contributed by atoms with Crippen LogP contribution in [0, 0.1) is 0 Å². The molecule has 3 heterocycles. The molecular weight excluding hydrogens is 382 g/mol. The molecule has 1 aromatic carbocycles. The maximum Gasteiger partial charge on any atom is 0.255 e. The molecule has 4 nitrogen and oxygen atoms in total. The number of thioether (sulfide) groups is 1. The number of piperazine rings is 1. The number of nitrogens with zero attached hydrogens (tertiary/aromatic N) is 3. The van der Waals surface area contributed by atoms with Crippen LogP contribution in [0.2, 0.25) is 0 Å². The van der Waals surface area contributed by atoms with Crippen LogP contribution in [0.1, 0.15) is 10.4 Å². The van der Waals surface area contributed by atoms with Gasteiger partial charge in [-0.15, -0.1) is 23.1 Å². The van der Waals surface area contributed by atoms with Gasteiger partial charge in [0.05, 0.1) is 11.3 Å². The van der Waals surface area contributed by atoms with Gasteiger partial charge in [0.1, 0.15) is 0 Å². The highest BCUT2D eigenvalue weighted by Gasteiger charge is 2.25. The van der Waals surface area contributed by atoms with E-state index in [1.54, 1.807) is 34.4 Å². The normalized spacial score (nSPS) is 14.7. The first-order valence-electron chi connectivity index (χ1n) is 8.41. The number of carbonyl (C=O) groups is 1. The molecule has 0 N–H and O–H groups in total. The molecule has 0 unspecified atom stereocenters. The second-order valence-electron chi connectivity index (χ2n) is 6.01. The Morgan fingerprint density at radius 2 is 1.92 bits per heavy atom. The third kappa shape index (κ3) is 3.51. The van der Waals surface area contributed by atoms with Gasteiger partial charge in [0, 0.05) is 47.4 Å². The van der Waals surface area contributed by atoms with Crippen molar-refractivity contribution in [2.75, 3.05) is 37.3 Å². The molecule has 4 rings (SSSR count). The lowest BCUT2D eigenvalue weighted by Crippen LogP contribution is -2.48. The third-order valence-corrected chi connectivity index (χ3v) is 6.86. The largest absolute Gasteiger partial charge is 0.345 e. The molecule has 26 heavy (non-hydrogen) atoms. The fourth-order valence-corrected chi connectivity index (χ4v) is 5.17. The summed E-state index contributed by atoms with van der Waals surface area (Å²) in [4.78, 5) is 22.9. The van der Waals surface area contributed by atoms with E-state index in [-0.39, 0.29) is 5.91 Å². The Bertz CT molecular complexity index is 883. The van der Waals surface area contributed by atoms with Crippen LogP contribution in [0.4, 0.5) is 5.13 Å². The smallest absolute Gasteiger partial charge is 0.255 e. The monoisotopic (exact) mass is 401 g/mol. The fourth-order valence-electron chi connectivity index (χ4n) is 3.04. The molecule has 0 spiro atoms. The highest BCUT2D eigenvalue weighted by atomic mass is 32.2. The van der Waals surface area contributed by atoms with Crippen molar-refractivity contribution in [2.45, 2.75) is 4.90 Å². The van der Waals surface area contributed by atoms with E-state index in [9.17, 15) is 4.79 Å². The zero-order chi connectivity index (χ0) is 17.9. The summed E-state index contributed by atoms with van der Waals surface area (Å²) in [7, 11) is 0. The minimum atomic E-state index is 0.132. The number of hydrogen-bond acceptors (Lipinski definition) is 6. The second-order valence-corrected chi connectivity index (χ2v) is 8.47. The van der Waals surface area contributed by atoms with Crippen LogP contribution in [-0.2, 0) is 0 Å². The van der Waals surface area contributed by atoms with Gasteiger partial charge in [0.2, 0.25) is 0 Å². The van der Waals surface area contributed by atoms with Gasteiger partial charge in [-0.3, -0.25) is 4.79 Å². The first-order chi connectivity index (χ1) is 12.8. The van der Waals surface area contributed by atoms with Crippen LogP contribution in [0.5, 0.6) is 0 Å². The Labute approximate surface area is 165 Å². The number of hydrogen-bond donors (Lipinski definition) is 0. The van der Waals surface area contributed by atoms with Crippen LogP contribution in [0.25, 0.3) is 11.3 Å². The molecule has 0 aliphatic carbocycles. The summed E-state index contributed by atoms with van der Waals surface area (Å²) < 4.78 is 0. The minimum Gasteiger partial charge on any atom is -0.345 e. The van der Waals surface area contributed by atoms with Gasteiger partial charge in [0.15, 0.2) is 5.13 Å². The zero-order valence-electron chi connectivity index (χ0n) is 14.4. The van der Waals surface area contributed by atoms with Crippen LogP contribution in [-0.4, -0.2) is 48.2 Å². The lowest BCUT2D eigenvalue weighted by molar-refractivity contribution is 0.0743. The SMILES string of the molecule is CSc1ccccc1C(=O)N1CCN(c2nc(-c3ccsc3)cs2)CC1. The van der Waals surface area contributed by atoms with Gasteiger partial charge in [-0.25, -0.2) is 4.98 Å². The highest BCUT2D eigenvalue weighted by Crippen LogP contribution is 2.29. The molecule has 1 fully saturated rings. The number of amides is 1. The summed E-state index contributed by atoms with van der Waals surface area (Å²) in [5.74, 6) is 0.132. The van der Waals surface area contributed by atoms with E-state index in [1.165, 1.54) is 5.56 Å².